The summed E-state index contributed by atoms with van der Waals surface area (Å²) in [5.74, 6) is -0.520. The molecule has 2 aromatic carbocycles. The van der Waals surface area contributed by atoms with E-state index in [1.165, 1.54) is 29.9 Å². The average Bonchev–Trinajstić information content (AvgIpc) is 2.80. The molecule has 2 N–H and O–H groups in total. The first-order valence-electron chi connectivity index (χ1n) is 11.8. The number of ether oxygens (including phenoxy) is 1. The van der Waals surface area contributed by atoms with E-state index in [2.05, 4.69) is 29.4 Å². The molecule has 1 aliphatic heterocycles. The van der Waals surface area contributed by atoms with E-state index < -0.39 is 5.82 Å². The molecule has 35 heavy (non-hydrogen) atoms. The molecule has 1 saturated heterocycles. The zero-order chi connectivity index (χ0) is 25.3. The van der Waals surface area contributed by atoms with Gasteiger partial charge in [0, 0.05) is 42.5 Å². The molecule has 0 atom stereocenters. The summed E-state index contributed by atoms with van der Waals surface area (Å²) < 4.78 is 20.5. The highest BCUT2D eigenvalue weighted by molar-refractivity contribution is 5.85. The van der Waals surface area contributed by atoms with Crippen LogP contribution in [0.15, 0.2) is 41.2 Å². The molecule has 0 unspecified atom stereocenters. The van der Waals surface area contributed by atoms with Gasteiger partial charge in [-0.1, -0.05) is 0 Å². The highest BCUT2D eigenvalue weighted by Crippen LogP contribution is 2.28. The van der Waals surface area contributed by atoms with Gasteiger partial charge >= 0.3 is 0 Å². The van der Waals surface area contributed by atoms with Crippen LogP contribution in [-0.4, -0.2) is 53.8 Å². The smallest absolute Gasteiger partial charge is 0.262 e. The lowest BCUT2D eigenvalue weighted by Gasteiger charge is -2.40. The molecule has 9 heteroatoms. The van der Waals surface area contributed by atoms with Crippen LogP contribution < -0.4 is 25.8 Å². The molecule has 1 aliphatic rings. The normalized spacial score (nSPS) is 15.5. The van der Waals surface area contributed by atoms with Gasteiger partial charge in [-0.3, -0.25) is 14.2 Å². The minimum Gasteiger partial charge on any atom is -0.494 e. The highest BCUT2D eigenvalue weighted by atomic mass is 19.1. The van der Waals surface area contributed by atoms with Gasteiger partial charge < -0.3 is 20.3 Å². The van der Waals surface area contributed by atoms with Gasteiger partial charge in [0.1, 0.15) is 12.4 Å². The summed E-state index contributed by atoms with van der Waals surface area (Å²) in [4.78, 5) is 33.4. The number of anilines is 1. The number of benzene rings is 2. The van der Waals surface area contributed by atoms with Crippen LogP contribution in [-0.2, 0) is 11.3 Å². The lowest BCUT2D eigenvalue weighted by Crippen LogP contribution is -2.57. The number of carbonyl (C=O) groups is 1. The van der Waals surface area contributed by atoms with Crippen LogP contribution in [0.3, 0.4) is 0 Å². The third-order valence-electron chi connectivity index (χ3n) is 6.03. The number of amides is 1. The Bertz CT molecular complexity index is 1320. The van der Waals surface area contributed by atoms with E-state index in [1.807, 2.05) is 32.0 Å². The molecule has 1 fully saturated rings. The molecular weight excluding hydrogens is 449 g/mol. The van der Waals surface area contributed by atoms with E-state index in [1.54, 1.807) is 0 Å². The van der Waals surface area contributed by atoms with Crippen molar-refractivity contribution in [2.24, 2.45) is 0 Å². The quantitative estimate of drug-likeness (QED) is 0.563. The van der Waals surface area contributed by atoms with E-state index in [9.17, 15) is 14.0 Å². The van der Waals surface area contributed by atoms with E-state index in [-0.39, 0.29) is 41.2 Å². The van der Waals surface area contributed by atoms with Gasteiger partial charge in [0.2, 0.25) is 5.91 Å². The fourth-order valence-corrected chi connectivity index (χ4v) is 4.44. The molecule has 0 bridgehead atoms. The summed E-state index contributed by atoms with van der Waals surface area (Å²) in [6.45, 7) is 10.2. The third-order valence-corrected chi connectivity index (χ3v) is 6.03. The van der Waals surface area contributed by atoms with E-state index >= 15 is 0 Å². The molecule has 1 aromatic heterocycles. The number of fused-ring (bicyclic) bond motifs is 1. The molecule has 8 nitrogen and oxygen atoms in total. The van der Waals surface area contributed by atoms with Crippen LogP contribution in [0, 0.1) is 5.82 Å². The molecule has 2 heterocycles. The topological polar surface area (TPSA) is 88.5 Å². The number of hydrogen-bond donors (Lipinski definition) is 2. The first-order valence-corrected chi connectivity index (χ1v) is 11.8. The van der Waals surface area contributed by atoms with Crippen molar-refractivity contribution in [3.63, 3.8) is 0 Å². The maximum Gasteiger partial charge on any atom is 0.262 e. The number of piperazine rings is 1. The zero-order valence-corrected chi connectivity index (χ0v) is 20.8. The third kappa shape index (κ3) is 5.30. The monoisotopic (exact) mass is 481 g/mol. The number of aromatic nitrogens is 2. The first kappa shape index (κ1) is 24.7. The van der Waals surface area contributed by atoms with Crippen LogP contribution in [0.4, 0.5) is 10.1 Å². The van der Waals surface area contributed by atoms with Gasteiger partial charge in [-0.2, -0.15) is 0 Å². The number of nitrogens with one attached hydrogen (secondary N) is 2. The number of methoxy groups -OCH3 is 1. The fourth-order valence-electron chi connectivity index (χ4n) is 4.44. The standard InChI is InChI=1S/C26H32FN5O3/c1-16(2)29-23(33)14-32-24(17-6-8-20(27)22(12-17)35-5)30-21-9-7-18(13-19(21)25(32)34)31-11-10-28-26(3,4)15-31/h6-9,12-13,16,28H,10-11,14-15H2,1-5H3,(H,29,33). The minimum absolute atomic E-state index is 0.0340. The van der Waals surface area contributed by atoms with Crippen molar-refractivity contribution in [2.45, 2.75) is 45.8 Å². The average molecular weight is 482 g/mol. The molecule has 0 spiro atoms. The van der Waals surface area contributed by atoms with Crippen molar-refractivity contribution >= 4 is 22.5 Å². The van der Waals surface area contributed by atoms with Gasteiger partial charge in [0.05, 0.1) is 18.0 Å². The largest absolute Gasteiger partial charge is 0.494 e. The summed E-state index contributed by atoms with van der Waals surface area (Å²) in [5, 5.41) is 6.74. The summed E-state index contributed by atoms with van der Waals surface area (Å²) in [6.07, 6.45) is 0. The Morgan fingerprint density at radius 1 is 1.26 bits per heavy atom. The van der Waals surface area contributed by atoms with E-state index in [0.29, 0.717) is 16.5 Å². The lowest BCUT2D eigenvalue weighted by atomic mass is 10.0. The maximum absolute atomic E-state index is 14.1. The summed E-state index contributed by atoms with van der Waals surface area (Å²) in [7, 11) is 1.37. The molecule has 0 aliphatic carbocycles. The van der Waals surface area contributed by atoms with Crippen LogP contribution in [0.2, 0.25) is 0 Å². The number of halogens is 1. The Balaban J connectivity index is 1.86. The molecule has 4 rings (SSSR count). The Morgan fingerprint density at radius 2 is 2.03 bits per heavy atom. The van der Waals surface area contributed by atoms with Gasteiger partial charge in [-0.05, 0) is 64.1 Å². The Morgan fingerprint density at radius 3 is 2.71 bits per heavy atom. The van der Waals surface area contributed by atoms with Crippen molar-refractivity contribution in [3.8, 4) is 17.1 Å². The summed E-state index contributed by atoms with van der Waals surface area (Å²) in [6, 6.07) is 9.82. The van der Waals surface area contributed by atoms with Gasteiger partial charge in [0.25, 0.3) is 5.56 Å². The predicted molar refractivity (Wildman–Crippen MR) is 136 cm³/mol. The van der Waals surface area contributed by atoms with Crippen LogP contribution >= 0.6 is 0 Å². The summed E-state index contributed by atoms with van der Waals surface area (Å²) in [5.41, 5.74) is 1.54. The van der Waals surface area contributed by atoms with Gasteiger partial charge in [-0.25, -0.2) is 9.37 Å². The molecule has 0 radical (unpaired) electrons. The number of rotatable bonds is 6. The molecule has 0 saturated carbocycles. The lowest BCUT2D eigenvalue weighted by molar-refractivity contribution is -0.122. The van der Waals surface area contributed by atoms with E-state index in [0.717, 1.165) is 25.3 Å². The molecular formula is C26H32FN5O3. The highest BCUT2D eigenvalue weighted by Gasteiger charge is 2.26. The fraction of sp³-hybridized carbons (Fsp3) is 0.423. The second kappa shape index (κ2) is 9.65. The predicted octanol–water partition coefficient (Wildman–Crippen LogP) is 2.92. The molecule has 186 valence electrons. The van der Waals surface area contributed by atoms with Crippen molar-refractivity contribution < 1.29 is 13.9 Å². The zero-order valence-electron chi connectivity index (χ0n) is 20.8. The Labute approximate surface area is 204 Å². The van der Waals surface area contributed by atoms with Crippen molar-refractivity contribution in [1.29, 1.82) is 0 Å². The molecule has 3 aromatic rings. The molecule has 1 amide bonds. The number of hydrogen-bond acceptors (Lipinski definition) is 6. The number of carbonyl (C=O) groups excluding carboxylic acids is 1. The summed E-state index contributed by atoms with van der Waals surface area (Å²) >= 11 is 0. The van der Waals surface area contributed by atoms with Crippen molar-refractivity contribution in [1.82, 2.24) is 20.2 Å². The number of nitrogens with zero attached hydrogens (tertiary/aromatic N) is 3. The second-order valence-corrected chi connectivity index (χ2v) is 9.83. The second-order valence-electron chi connectivity index (χ2n) is 9.83. The van der Waals surface area contributed by atoms with Gasteiger partial charge in [-0.15, -0.1) is 0 Å². The van der Waals surface area contributed by atoms with Gasteiger partial charge in [0.15, 0.2) is 11.6 Å². The Kier molecular flexibility index (Phi) is 6.80. The Hall–Kier alpha value is -3.46. The minimum atomic E-state index is -0.521. The van der Waals surface area contributed by atoms with Crippen molar-refractivity contribution in [2.75, 3.05) is 31.6 Å². The van der Waals surface area contributed by atoms with Crippen molar-refractivity contribution in [3.05, 3.63) is 52.6 Å². The first-order chi connectivity index (χ1) is 16.6. The maximum atomic E-state index is 14.1. The van der Waals surface area contributed by atoms with Crippen LogP contribution in [0.1, 0.15) is 27.7 Å². The van der Waals surface area contributed by atoms with E-state index in [4.69, 9.17) is 9.72 Å². The van der Waals surface area contributed by atoms with Crippen LogP contribution in [0.5, 0.6) is 5.75 Å². The van der Waals surface area contributed by atoms with Crippen LogP contribution in [0.25, 0.3) is 22.3 Å². The SMILES string of the molecule is COc1cc(-c2nc3ccc(N4CCNC(C)(C)C4)cc3c(=O)n2CC(=O)NC(C)C)ccc1F.